The lowest BCUT2D eigenvalue weighted by atomic mass is 9.85. The predicted octanol–water partition coefficient (Wildman–Crippen LogP) is 10.3. The van der Waals surface area contributed by atoms with Crippen molar-refractivity contribution in [2.24, 2.45) is 16.0 Å². The van der Waals surface area contributed by atoms with E-state index in [1.54, 1.807) is 28.4 Å². The van der Waals surface area contributed by atoms with Crippen molar-refractivity contribution in [2.45, 2.75) is 95.8 Å². The average Bonchev–Trinajstić information content (AvgIpc) is 4.00. The van der Waals surface area contributed by atoms with Gasteiger partial charge in [0.05, 0.1) is 21.3 Å². The third-order valence-electron chi connectivity index (χ3n) is 11.5. The number of benzene rings is 3. The summed E-state index contributed by atoms with van der Waals surface area (Å²) in [6.45, 7) is 7.48. The van der Waals surface area contributed by atoms with Gasteiger partial charge in [0.1, 0.15) is 17.3 Å². The molecule has 2 amide bonds. The monoisotopic (exact) mass is 938 g/mol. The third kappa shape index (κ3) is 14.0. The molecule has 0 atom stereocenters. The zero-order chi connectivity index (χ0) is 46.3. The van der Waals surface area contributed by atoms with Gasteiger partial charge in [0.15, 0.2) is 16.4 Å². The van der Waals surface area contributed by atoms with Crippen LogP contribution in [-0.4, -0.2) is 61.6 Å². The maximum atomic E-state index is 13.0. The van der Waals surface area contributed by atoms with E-state index in [1.807, 2.05) is 31.2 Å². The highest BCUT2D eigenvalue weighted by atomic mass is 32.2. The summed E-state index contributed by atoms with van der Waals surface area (Å²) in [7, 11) is -3.42. The number of carbonyl (C=O) groups is 4. The smallest absolute Gasteiger partial charge is 0.338 e. The number of rotatable bonds is 11. The third-order valence-corrected chi connectivity index (χ3v) is 15.2. The normalized spacial score (nSPS) is 16.8. The molecule has 4 heterocycles. The largest absolute Gasteiger partial charge is 0.452 e. The van der Waals surface area contributed by atoms with Crippen molar-refractivity contribution >= 4 is 78.5 Å². The van der Waals surface area contributed by atoms with E-state index in [-0.39, 0.29) is 33.8 Å². The number of Topliss-reactive ketones (excluding diaryl/α,β-unsaturated/α-hetero) is 1. The molecule has 15 heteroatoms. The molecule has 4 aromatic rings. The number of hydrogen-bond acceptors (Lipinski definition) is 11. The van der Waals surface area contributed by atoms with Gasteiger partial charge in [-0.1, -0.05) is 87.0 Å². The Kier molecular flexibility index (Phi) is 17.8. The highest BCUT2D eigenvalue weighted by Crippen LogP contribution is 2.39. The summed E-state index contributed by atoms with van der Waals surface area (Å²) in [5, 5.41) is 6.84. The number of hydrazone groups is 1. The second-order valence-electron chi connectivity index (χ2n) is 16.1. The van der Waals surface area contributed by atoms with Gasteiger partial charge in [0, 0.05) is 48.0 Å². The van der Waals surface area contributed by atoms with E-state index in [0.29, 0.717) is 43.2 Å². The second kappa shape index (κ2) is 23.6. The number of amides is 2. The van der Waals surface area contributed by atoms with Crippen LogP contribution in [0.2, 0.25) is 0 Å². The van der Waals surface area contributed by atoms with Crippen LogP contribution in [-0.2, 0) is 41.8 Å². The van der Waals surface area contributed by atoms with Crippen molar-refractivity contribution in [1.29, 1.82) is 0 Å². The molecule has 1 saturated carbocycles. The number of halogens is 1. The molecular weight excluding hydrogens is 884 g/mol. The van der Waals surface area contributed by atoms with Crippen LogP contribution in [0.15, 0.2) is 122 Å². The minimum atomic E-state index is -3.42. The lowest BCUT2D eigenvalue weighted by Gasteiger charge is -2.29. The topological polar surface area (TPSA) is 152 Å². The number of thiophene rings is 1. The first-order valence-corrected chi connectivity index (χ1v) is 25.3. The van der Waals surface area contributed by atoms with Gasteiger partial charge in [0.25, 0.3) is 11.8 Å². The molecule has 4 aliphatic rings. The Morgan fingerprint density at radius 3 is 2.42 bits per heavy atom. The molecule has 3 aromatic carbocycles. The van der Waals surface area contributed by atoms with E-state index in [9.17, 15) is 32.0 Å². The van der Waals surface area contributed by atoms with Crippen LogP contribution in [0.25, 0.3) is 5.57 Å². The number of aryl methyl sites for hydroxylation is 2. The first-order valence-electron chi connectivity index (χ1n) is 22.0. The fourth-order valence-corrected chi connectivity index (χ4v) is 10.5. The molecule has 0 radical (unpaired) electrons. The fraction of sp³-hybridized carbons (Fsp3) is 0.360. The van der Waals surface area contributed by atoms with E-state index >= 15 is 0 Å². The molecule has 11 nitrogen and oxygen atoms in total. The van der Waals surface area contributed by atoms with E-state index in [4.69, 9.17) is 4.74 Å². The average molecular weight is 939 g/mol. The van der Waals surface area contributed by atoms with Crippen molar-refractivity contribution in [3.8, 4) is 0 Å². The SMILES string of the molecule is C=C1CCC(C(=O)N=C2CC(c3ccc(F)cc3)=C(C)S2)=NN1.CCS(=O)(=O)c1cccc(C(=O)OCC(=O)N2CCCc3ccccc32)c1.O=C(CCc1cccs1)C1CCCCC1. The summed E-state index contributed by atoms with van der Waals surface area (Å²) in [6.07, 6.45) is 11.4. The van der Waals surface area contributed by atoms with Crippen LogP contribution in [0.3, 0.4) is 0 Å². The number of esters is 1. The molecule has 65 heavy (non-hydrogen) atoms. The van der Waals surface area contributed by atoms with Crippen molar-refractivity contribution in [3.63, 3.8) is 0 Å². The summed E-state index contributed by atoms with van der Waals surface area (Å²) in [4.78, 5) is 57.2. The Morgan fingerprint density at radius 2 is 1.71 bits per heavy atom. The van der Waals surface area contributed by atoms with Gasteiger partial charge in [-0.15, -0.1) is 11.3 Å². The van der Waals surface area contributed by atoms with Crippen molar-refractivity contribution in [2.75, 3.05) is 23.8 Å². The number of thioether (sulfide) groups is 1. The van der Waals surface area contributed by atoms with Crippen LogP contribution < -0.4 is 10.3 Å². The summed E-state index contributed by atoms with van der Waals surface area (Å²) in [6, 6.07) is 23.9. The van der Waals surface area contributed by atoms with Gasteiger partial charge in [-0.2, -0.15) is 5.10 Å². The number of ketones is 1. The number of sulfone groups is 1. The molecule has 1 N–H and O–H groups in total. The Bertz CT molecular complexity index is 2560. The molecule has 0 saturated heterocycles. The van der Waals surface area contributed by atoms with Gasteiger partial charge in [0.2, 0.25) is 0 Å². The summed E-state index contributed by atoms with van der Waals surface area (Å²) in [5.41, 5.74) is 8.07. The number of allylic oxidation sites excluding steroid dienone is 3. The molecule has 0 spiro atoms. The standard InChI is InChI=1S/C20H21NO5S.C17H16FN3OS.C13H18OS/c1-2-27(24,25)17-10-5-8-16(13-17)20(23)26-14-19(22)21-12-6-9-15-7-3-4-11-18(15)21;1-10-3-8-15(21-20-10)17(22)19-16-9-14(11(2)23-16)12-4-6-13(18)7-5-12;14-13(11-5-2-1-3-6-11)9-8-12-7-4-10-15-12/h3-5,7-8,10-11,13H,2,6,9,12,14H2,1H3;4-7,20H,1,3,8-9H2,2H3;4,7,10-11H,1-3,5-6,8-9H2. The zero-order valence-electron chi connectivity index (χ0n) is 36.9. The quantitative estimate of drug-likeness (QED) is 0.145. The van der Waals surface area contributed by atoms with E-state index < -0.39 is 22.4 Å². The zero-order valence-corrected chi connectivity index (χ0v) is 39.3. The molecule has 3 aliphatic heterocycles. The summed E-state index contributed by atoms with van der Waals surface area (Å²) in [5.74, 6) is -0.749. The maximum Gasteiger partial charge on any atom is 0.338 e. The molecule has 342 valence electrons. The molecule has 8 rings (SSSR count). The van der Waals surface area contributed by atoms with Crippen LogP contribution in [0.4, 0.5) is 10.1 Å². The second-order valence-corrected chi connectivity index (χ2v) is 20.7. The lowest BCUT2D eigenvalue weighted by Crippen LogP contribution is -2.38. The number of para-hydroxylation sites is 1. The first kappa shape index (κ1) is 48.9. The van der Waals surface area contributed by atoms with Gasteiger partial charge >= 0.3 is 5.97 Å². The van der Waals surface area contributed by atoms with Gasteiger partial charge < -0.3 is 9.64 Å². The molecule has 0 bridgehead atoms. The number of aliphatic imine (C=N–C) groups is 1. The number of anilines is 1. The Labute approximate surface area is 389 Å². The molecule has 1 fully saturated rings. The summed E-state index contributed by atoms with van der Waals surface area (Å²) >= 11 is 3.25. The van der Waals surface area contributed by atoms with Crippen LogP contribution >= 0.6 is 23.1 Å². The summed E-state index contributed by atoms with van der Waals surface area (Å²) < 4.78 is 42.1. The van der Waals surface area contributed by atoms with Gasteiger partial charge in [-0.3, -0.25) is 19.8 Å². The number of carbonyl (C=O) groups excluding carboxylic acids is 4. The lowest BCUT2D eigenvalue weighted by molar-refractivity contribution is -0.124. The predicted molar refractivity (Wildman–Crippen MR) is 258 cm³/mol. The number of nitrogens with one attached hydrogen (secondary N) is 1. The van der Waals surface area contributed by atoms with E-state index in [1.165, 1.54) is 79.2 Å². The van der Waals surface area contributed by atoms with Crippen LogP contribution in [0, 0.1) is 11.7 Å². The van der Waals surface area contributed by atoms with E-state index in [2.05, 4.69) is 39.6 Å². The number of ether oxygens (including phenoxy) is 1. The Balaban J connectivity index is 0.000000168. The maximum absolute atomic E-state index is 13.0. The highest BCUT2D eigenvalue weighted by molar-refractivity contribution is 8.17. The van der Waals surface area contributed by atoms with Crippen molar-refractivity contribution in [1.82, 2.24) is 5.43 Å². The first-order chi connectivity index (χ1) is 31.3. The highest BCUT2D eigenvalue weighted by Gasteiger charge is 2.25. The Morgan fingerprint density at radius 1 is 0.938 bits per heavy atom. The molecule has 1 aromatic heterocycles. The molecule has 1 aliphatic carbocycles. The number of nitrogens with zero attached hydrogens (tertiary/aromatic N) is 3. The fourth-order valence-electron chi connectivity index (χ4n) is 7.82. The van der Waals surface area contributed by atoms with Crippen molar-refractivity contribution in [3.05, 3.63) is 135 Å². The van der Waals surface area contributed by atoms with Gasteiger partial charge in [-0.25, -0.2) is 22.6 Å². The minimum absolute atomic E-state index is 0.0572. The molecular formula is C50H55FN4O7S3. The van der Waals surface area contributed by atoms with E-state index in [0.717, 1.165) is 76.6 Å². The minimum Gasteiger partial charge on any atom is -0.452 e. The van der Waals surface area contributed by atoms with Crippen LogP contribution in [0.1, 0.15) is 104 Å². The number of hydrogen-bond donors (Lipinski definition) is 1. The van der Waals surface area contributed by atoms with Gasteiger partial charge in [-0.05, 0) is 115 Å². The molecule has 0 unspecified atom stereocenters. The number of fused-ring (bicyclic) bond motifs is 1. The van der Waals surface area contributed by atoms with Crippen molar-refractivity contribution < 1.29 is 36.7 Å². The van der Waals surface area contributed by atoms with Crippen LogP contribution in [0.5, 0.6) is 0 Å². The Hall–Kier alpha value is -5.51.